The summed E-state index contributed by atoms with van der Waals surface area (Å²) in [6, 6.07) is 12.9. The molecule has 7 nitrogen and oxygen atoms in total. The first-order valence-electron chi connectivity index (χ1n) is 9.61. The SMILES string of the molecule is CC1(C)c2cc(OCCN[SH](C)(N)=O)ccc2C(=O)c2c1[nH]c1cc(C#N)ccc21. The summed E-state index contributed by atoms with van der Waals surface area (Å²) >= 11 is 0. The number of hydrogen-bond acceptors (Lipinski definition) is 4. The number of H-pyrrole nitrogens is 1. The van der Waals surface area contributed by atoms with Gasteiger partial charge in [0.05, 0.1) is 17.2 Å². The molecular weight excluding hydrogens is 400 g/mol. The number of carbonyl (C=O) groups excluding carboxylic acids is 1. The van der Waals surface area contributed by atoms with Crippen molar-refractivity contribution in [1.29, 1.82) is 5.26 Å². The van der Waals surface area contributed by atoms with E-state index >= 15 is 0 Å². The molecule has 1 heterocycles. The monoisotopic (exact) mass is 424 g/mol. The van der Waals surface area contributed by atoms with E-state index in [9.17, 15) is 14.3 Å². The van der Waals surface area contributed by atoms with Gasteiger partial charge in [-0.25, -0.2) is 4.72 Å². The fourth-order valence-corrected chi connectivity index (χ4v) is 4.54. The van der Waals surface area contributed by atoms with Crippen LogP contribution in [0.1, 0.15) is 46.6 Å². The van der Waals surface area contributed by atoms with E-state index in [1.165, 1.54) is 6.26 Å². The number of nitrogens with zero attached hydrogens (tertiary/aromatic N) is 1. The average Bonchev–Trinajstić information content (AvgIpc) is 3.09. The van der Waals surface area contributed by atoms with Crippen molar-refractivity contribution < 1.29 is 13.7 Å². The van der Waals surface area contributed by atoms with Gasteiger partial charge in [-0.15, -0.1) is 0 Å². The molecule has 30 heavy (non-hydrogen) atoms. The molecule has 0 amide bonds. The van der Waals surface area contributed by atoms with Gasteiger partial charge < -0.3 is 9.72 Å². The summed E-state index contributed by atoms with van der Waals surface area (Å²) in [6.45, 7) is 4.78. The normalized spacial score (nSPS) is 15.4. The van der Waals surface area contributed by atoms with Crippen LogP contribution < -0.4 is 14.6 Å². The highest BCUT2D eigenvalue weighted by Gasteiger charge is 2.39. The fraction of sp³-hybridized carbons (Fsp3) is 0.273. The zero-order valence-electron chi connectivity index (χ0n) is 17.1. The smallest absolute Gasteiger partial charge is 0.195 e. The Morgan fingerprint density at radius 3 is 2.73 bits per heavy atom. The molecule has 4 N–H and O–H groups in total. The number of ether oxygens (including phenoxy) is 1. The molecule has 156 valence electrons. The van der Waals surface area contributed by atoms with E-state index in [0.29, 0.717) is 35.6 Å². The first-order valence-corrected chi connectivity index (χ1v) is 11.8. The minimum atomic E-state index is -2.79. The Labute approximate surface area is 175 Å². The van der Waals surface area contributed by atoms with Crippen molar-refractivity contribution in [3.8, 4) is 11.8 Å². The minimum Gasteiger partial charge on any atom is -0.492 e. The summed E-state index contributed by atoms with van der Waals surface area (Å²) in [6.07, 6.45) is 1.46. The van der Waals surface area contributed by atoms with Crippen molar-refractivity contribution in [2.24, 2.45) is 5.14 Å². The number of ketones is 1. The molecule has 0 spiro atoms. The van der Waals surface area contributed by atoms with Crippen LogP contribution in [0.4, 0.5) is 0 Å². The molecule has 0 saturated heterocycles. The summed E-state index contributed by atoms with van der Waals surface area (Å²) < 4.78 is 20.0. The second kappa shape index (κ2) is 7.06. The summed E-state index contributed by atoms with van der Waals surface area (Å²) in [7, 11) is -2.79. The highest BCUT2D eigenvalue weighted by atomic mass is 32.3. The largest absolute Gasteiger partial charge is 0.492 e. The summed E-state index contributed by atoms with van der Waals surface area (Å²) in [4.78, 5) is 16.7. The van der Waals surface area contributed by atoms with Crippen LogP contribution in [0.3, 0.4) is 0 Å². The van der Waals surface area contributed by atoms with Gasteiger partial charge in [-0.05, 0) is 46.2 Å². The first kappa shape index (κ1) is 20.3. The van der Waals surface area contributed by atoms with E-state index in [1.807, 2.05) is 12.1 Å². The molecule has 8 heteroatoms. The molecule has 0 bridgehead atoms. The zero-order valence-corrected chi connectivity index (χ0v) is 18.0. The van der Waals surface area contributed by atoms with E-state index in [1.54, 1.807) is 24.3 Å². The molecule has 3 aromatic rings. The highest BCUT2D eigenvalue weighted by molar-refractivity contribution is 7.98. The molecule has 0 atom stereocenters. The number of hydrogen-bond donors (Lipinski definition) is 4. The second-order valence-electron chi connectivity index (χ2n) is 8.16. The topological polar surface area (TPSA) is 121 Å². The van der Waals surface area contributed by atoms with Crippen LogP contribution in [-0.2, 0) is 15.7 Å². The Kier molecular flexibility index (Phi) is 4.77. The average molecular weight is 425 g/mol. The molecule has 2 aromatic carbocycles. The van der Waals surface area contributed by atoms with E-state index in [2.05, 4.69) is 29.6 Å². The van der Waals surface area contributed by atoms with Crippen LogP contribution in [0.2, 0.25) is 0 Å². The van der Waals surface area contributed by atoms with Gasteiger partial charge in [0.15, 0.2) is 5.78 Å². The number of nitriles is 1. The highest BCUT2D eigenvalue weighted by Crippen LogP contribution is 2.44. The Hall–Kier alpha value is -2.99. The number of nitrogens with two attached hydrogens (primary N) is 1. The van der Waals surface area contributed by atoms with Gasteiger partial charge in [0.1, 0.15) is 12.4 Å². The van der Waals surface area contributed by atoms with E-state index in [0.717, 1.165) is 22.2 Å². The maximum Gasteiger partial charge on any atom is 0.195 e. The number of thiol groups is 1. The molecule has 0 radical (unpaired) electrons. The van der Waals surface area contributed by atoms with Crippen LogP contribution in [0.15, 0.2) is 36.4 Å². The van der Waals surface area contributed by atoms with Gasteiger partial charge in [-0.1, -0.05) is 19.9 Å². The number of benzene rings is 2. The number of carbonyl (C=O) groups is 1. The zero-order chi connectivity index (χ0) is 21.7. The lowest BCUT2D eigenvalue weighted by molar-refractivity contribution is 0.103. The van der Waals surface area contributed by atoms with Crippen LogP contribution in [-0.4, -0.2) is 34.4 Å². The Bertz CT molecular complexity index is 1260. The third kappa shape index (κ3) is 3.41. The number of aromatic amines is 1. The minimum absolute atomic E-state index is 0.0430. The lowest BCUT2D eigenvalue weighted by Gasteiger charge is -2.32. The van der Waals surface area contributed by atoms with E-state index < -0.39 is 15.7 Å². The number of aromatic nitrogens is 1. The molecule has 1 aromatic heterocycles. The Morgan fingerprint density at radius 1 is 1.27 bits per heavy atom. The van der Waals surface area contributed by atoms with E-state index in [-0.39, 0.29) is 5.78 Å². The molecule has 0 unspecified atom stereocenters. The molecule has 0 saturated carbocycles. The molecule has 0 aliphatic heterocycles. The number of rotatable bonds is 5. The molecule has 0 fully saturated rings. The summed E-state index contributed by atoms with van der Waals surface area (Å²) in [5.74, 6) is 0.587. The molecule has 1 aliphatic carbocycles. The van der Waals surface area contributed by atoms with Crippen LogP contribution in [0, 0.1) is 11.3 Å². The van der Waals surface area contributed by atoms with Gasteiger partial charge in [0.2, 0.25) is 0 Å². The van der Waals surface area contributed by atoms with Crippen molar-refractivity contribution >= 4 is 27.0 Å². The Balaban J connectivity index is 1.70. The van der Waals surface area contributed by atoms with Crippen molar-refractivity contribution in [2.45, 2.75) is 19.3 Å². The van der Waals surface area contributed by atoms with Crippen molar-refractivity contribution in [2.75, 3.05) is 19.4 Å². The maximum absolute atomic E-state index is 13.3. The molecule has 4 rings (SSSR count). The third-order valence-electron chi connectivity index (χ3n) is 5.49. The van der Waals surface area contributed by atoms with Gasteiger partial charge in [0, 0.05) is 40.4 Å². The second-order valence-corrected chi connectivity index (χ2v) is 10.5. The number of nitrogens with one attached hydrogen (secondary N) is 2. The lowest BCUT2D eigenvalue weighted by atomic mass is 9.71. The van der Waals surface area contributed by atoms with Gasteiger partial charge >= 0.3 is 0 Å². The van der Waals surface area contributed by atoms with Crippen molar-refractivity contribution in [1.82, 2.24) is 9.71 Å². The first-order chi connectivity index (χ1) is 14.1. The lowest BCUT2D eigenvalue weighted by Crippen LogP contribution is -2.39. The maximum atomic E-state index is 13.3. The third-order valence-corrected chi connectivity index (χ3v) is 6.34. The predicted molar refractivity (Wildman–Crippen MR) is 118 cm³/mol. The van der Waals surface area contributed by atoms with E-state index in [4.69, 9.17) is 9.88 Å². The van der Waals surface area contributed by atoms with Crippen LogP contribution in [0.25, 0.3) is 10.9 Å². The molecule has 1 aliphatic rings. The summed E-state index contributed by atoms with van der Waals surface area (Å²) in [5.41, 5.74) is 3.87. The van der Waals surface area contributed by atoms with Crippen LogP contribution >= 0.6 is 0 Å². The fourth-order valence-electron chi connectivity index (χ4n) is 4.01. The number of fused-ring (bicyclic) bond motifs is 4. The van der Waals surface area contributed by atoms with Gasteiger partial charge in [-0.2, -0.15) is 5.26 Å². The van der Waals surface area contributed by atoms with Crippen LogP contribution in [0.5, 0.6) is 5.75 Å². The standard InChI is InChI=1S/C22H24N4O3S/c1-22(2)17-11-14(29-9-8-25-30(3,24)28)5-7-15(17)20(27)19-16-6-4-13(12-23)10-18(16)26-21(19)22/h4-7,10-11,26,30H,8-9H2,1-3H3,(H3,24,25,28). The predicted octanol–water partition coefficient (Wildman–Crippen LogP) is 2.31. The summed E-state index contributed by atoms with van der Waals surface area (Å²) in [5, 5.41) is 15.5. The van der Waals surface area contributed by atoms with Gasteiger partial charge in [-0.3, -0.25) is 14.1 Å². The molecular formula is C22H24N4O3S. The van der Waals surface area contributed by atoms with Crippen molar-refractivity contribution in [3.63, 3.8) is 0 Å². The quantitative estimate of drug-likeness (QED) is 0.371. The van der Waals surface area contributed by atoms with Crippen molar-refractivity contribution in [3.05, 3.63) is 64.3 Å². The Morgan fingerprint density at radius 2 is 2.03 bits per heavy atom. The van der Waals surface area contributed by atoms with Gasteiger partial charge in [0.25, 0.3) is 0 Å².